The van der Waals surface area contributed by atoms with E-state index >= 15 is 0 Å². The van der Waals surface area contributed by atoms with Crippen LogP contribution in [-0.2, 0) is 11.3 Å². The number of carbonyl (C=O) groups is 1. The standard InChI is InChI=1S/C20H27N5O/c1-14(2)19(26)25-11-9-17(13-25)24-20(21-3)23-12-16-7-4-6-15-8-5-10-22-18(15)16/h4-8,10,14,17H,9,11-13H2,1-3H3,(H2,21,23,24). The van der Waals surface area contributed by atoms with E-state index in [9.17, 15) is 4.79 Å². The molecule has 2 N–H and O–H groups in total. The Morgan fingerprint density at radius 2 is 2.15 bits per heavy atom. The Balaban J connectivity index is 1.58. The number of nitrogens with one attached hydrogen (secondary N) is 2. The number of aliphatic imine (C=N–C) groups is 1. The maximum absolute atomic E-state index is 12.1. The Kier molecular flexibility index (Phi) is 5.71. The number of carbonyl (C=O) groups excluding carboxylic acids is 1. The summed E-state index contributed by atoms with van der Waals surface area (Å²) in [7, 11) is 1.77. The highest BCUT2D eigenvalue weighted by Crippen LogP contribution is 2.16. The molecule has 1 aromatic heterocycles. The Labute approximate surface area is 154 Å². The zero-order valence-corrected chi connectivity index (χ0v) is 15.7. The topological polar surface area (TPSA) is 69.6 Å². The van der Waals surface area contributed by atoms with Gasteiger partial charge in [0, 0.05) is 50.2 Å². The summed E-state index contributed by atoms with van der Waals surface area (Å²) in [5, 5.41) is 7.93. The second-order valence-corrected chi connectivity index (χ2v) is 6.99. The summed E-state index contributed by atoms with van der Waals surface area (Å²) >= 11 is 0. The van der Waals surface area contributed by atoms with Crippen LogP contribution >= 0.6 is 0 Å². The molecular weight excluding hydrogens is 326 g/mol. The summed E-state index contributed by atoms with van der Waals surface area (Å²) in [6.07, 6.45) is 2.76. The highest BCUT2D eigenvalue weighted by molar-refractivity contribution is 5.84. The Bertz CT molecular complexity index is 796. The molecule has 1 aliphatic rings. The molecule has 3 rings (SSSR count). The third kappa shape index (κ3) is 4.12. The number of likely N-dealkylation sites (tertiary alicyclic amines) is 1. The molecule has 6 nitrogen and oxygen atoms in total. The fourth-order valence-electron chi connectivity index (χ4n) is 3.32. The lowest BCUT2D eigenvalue weighted by Crippen LogP contribution is -2.45. The molecule has 2 aromatic rings. The third-order valence-corrected chi connectivity index (χ3v) is 4.72. The van der Waals surface area contributed by atoms with Crippen molar-refractivity contribution in [1.82, 2.24) is 20.5 Å². The first-order chi connectivity index (χ1) is 12.6. The van der Waals surface area contributed by atoms with E-state index in [0.29, 0.717) is 6.54 Å². The lowest BCUT2D eigenvalue weighted by molar-refractivity contribution is -0.133. The second kappa shape index (κ2) is 8.17. The van der Waals surface area contributed by atoms with E-state index in [0.717, 1.165) is 41.9 Å². The van der Waals surface area contributed by atoms with Gasteiger partial charge in [0.15, 0.2) is 5.96 Å². The van der Waals surface area contributed by atoms with Crippen molar-refractivity contribution in [3.63, 3.8) is 0 Å². The van der Waals surface area contributed by atoms with Crippen LogP contribution in [-0.4, -0.2) is 47.9 Å². The smallest absolute Gasteiger partial charge is 0.225 e. The SMILES string of the molecule is CN=C(NCc1cccc2cccnc12)NC1CCN(C(=O)C(C)C)C1. The Morgan fingerprint density at radius 3 is 2.92 bits per heavy atom. The Morgan fingerprint density at radius 1 is 1.35 bits per heavy atom. The molecule has 1 saturated heterocycles. The minimum absolute atomic E-state index is 0.0463. The number of rotatable bonds is 4. The molecule has 0 bridgehead atoms. The summed E-state index contributed by atoms with van der Waals surface area (Å²) in [5.74, 6) is 1.02. The fraction of sp³-hybridized carbons (Fsp3) is 0.450. The molecule has 0 spiro atoms. The third-order valence-electron chi connectivity index (χ3n) is 4.72. The zero-order valence-electron chi connectivity index (χ0n) is 15.7. The number of hydrogen-bond acceptors (Lipinski definition) is 3. The normalized spacial score (nSPS) is 17.8. The van der Waals surface area contributed by atoms with Crippen LogP contribution in [0.15, 0.2) is 41.5 Å². The van der Waals surface area contributed by atoms with Crippen LogP contribution in [0.4, 0.5) is 0 Å². The van der Waals surface area contributed by atoms with Crippen molar-refractivity contribution in [3.05, 3.63) is 42.1 Å². The van der Waals surface area contributed by atoms with Crippen LogP contribution < -0.4 is 10.6 Å². The summed E-state index contributed by atoms with van der Waals surface area (Å²) in [4.78, 5) is 22.9. The van der Waals surface area contributed by atoms with Crippen molar-refractivity contribution in [2.75, 3.05) is 20.1 Å². The van der Waals surface area contributed by atoms with E-state index in [4.69, 9.17) is 0 Å². The van der Waals surface area contributed by atoms with E-state index in [2.05, 4.69) is 38.8 Å². The minimum atomic E-state index is 0.0463. The fourth-order valence-corrected chi connectivity index (χ4v) is 3.32. The van der Waals surface area contributed by atoms with Gasteiger partial charge in [0.1, 0.15) is 0 Å². The van der Waals surface area contributed by atoms with Crippen LogP contribution in [0.5, 0.6) is 0 Å². The summed E-state index contributed by atoms with van der Waals surface area (Å²) in [5.41, 5.74) is 2.14. The molecule has 1 atom stereocenters. The van der Waals surface area contributed by atoms with E-state index in [1.54, 1.807) is 7.05 Å². The van der Waals surface area contributed by atoms with Gasteiger partial charge in [-0.25, -0.2) is 0 Å². The first-order valence-corrected chi connectivity index (χ1v) is 9.17. The van der Waals surface area contributed by atoms with Gasteiger partial charge in [-0.05, 0) is 18.1 Å². The lowest BCUT2D eigenvalue weighted by atomic mass is 10.1. The number of benzene rings is 1. The van der Waals surface area contributed by atoms with Crippen LogP contribution in [0.3, 0.4) is 0 Å². The summed E-state index contributed by atoms with van der Waals surface area (Å²) < 4.78 is 0. The maximum Gasteiger partial charge on any atom is 0.225 e. The molecule has 0 aliphatic carbocycles. The van der Waals surface area contributed by atoms with E-state index < -0.39 is 0 Å². The van der Waals surface area contributed by atoms with E-state index in [1.165, 1.54) is 0 Å². The monoisotopic (exact) mass is 353 g/mol. The van der Waals surface area contributed by atoms with Gasteiger partial charge in [0.05, 0.1) is 5.52 Å². The molecule has 0 radical (unpaired) electrons. The predicted molar refractivity (Wildman–Crippen MR) is 105 cm³/mol. The van der Waals surface area contributed by atoms with Crippen LogP contribution in [0, 0.1) is 5.92 Å². The van der Waals surface area contributed by atoms with Gasteiger partial charge in [-0.3, -0.25) is 14.8 Å². The average molecular weight is 353 g/mol. The molecule has 0 saturated carbocycles. The van der Waals surface area contributed by atoms with Gasteiger partial charge >= 0.3 is 0 Å². The number of para-hydroxylation sites is 1. The first-order valence-electron chi connectivity index (χ1n) is 9.17. The molecule has 26 heavy (non-hydrogen) atoms. The van der Waals surface area contributed by atoms with E-state index in [1.807, 2.05) is 37.1 Å². The van der Waals surface area contributed by atoms with Crippen LogP contribution in [0.1, 0.15) is 25.8 Å². The number of pyridine rings is 1. The summed E-state index contributed by atoms with van der Waals surface area (Å²) in [6, 6.07) is 10.4. The average Bonchev–Trinajstić information content (AvgIpc) is 3.12. The second-order valence-electron chi connectivity index (χ2n) is 6.99. The molecule has 1 fully saturated rings. The van der Waals surface area contributed by atoms with Gasteiger partial charge < -0.3 is 15.5 Å². The molecule has 1 amide bonds. The molecule has 6 heteroatoms. The summed E-state index contributed by atoms with van der Waals surface area (Å²) in [6.45, 7) is 6.07. The van der Waals surface area contributed by atoms with Crippen molar-refractivity contribution < 1.29 is 4.79 Å². The molecule has 1 aliphatic heterocycles. The number of fused-ring (bicyclic) bond motifs is 1. The molecular formula is C20H27N5O. The quantitative estimate of drug-likeness (QED) is 0.653. The number of hydrogen-bond donors (Lipinski definition) is 2. The van der Waals surface area contributed by atoms with Gasteiger partial charge in [-0.2, -0.15) is 0 Å². The lowest BCUT2D eigenvalue weighted by Gasteiger charge is -2.20. The van der Waals surface area contributed by atoms with E-state index in [-0.39, 0.29) is 17.9 Å². The molecule has 1 aromatic carbocycles. The zero-order chi connectivity index (χ0) is 18.5. The number of nitrogens with zero attached hydrogens (tertiary/aromatic N) is 3. The number of amides is 1. The van der Waals surface area contributed by atoms with Crippen molar-refractivity contribution >= 4 is 22.8 Å². The number of guanidine groups is 1. The highest BCUT2D eigenvalue weighted by Gasteiger charge is 2.27. The maximum atomic E-state index is 12.1. The predicted octanol–water partition coefficient (Wildman–Crippen LogP) is 2.16. The first kappa shape index (κ1) is 18.2. The minimum Gasteiger partial charge on any atom is -0.352 e. The van der Waals surface area contributed by atoms with Crippen LogP contribution in [0.2, 0.25) is 0 Å². The molecule has 138 valence electrons. The molecule has 2 heterocycles. The molecule has 1 unspecified atom stereocenters. The highest BCUT2D eigenvalue weighted by atomic mass is 16.2. The number of aromatic nitrogens is 1. The van der Waals surface area contributed by atoms with Gasteiger partial charge in [-0.1, -0.05) is 38.1 Å². The van der Waals surface area contributed by atoms with Crippen molar-refractivity contribution in [3.8, 4) is 0 Å². The van der Waals surface area contributed by atoms with Crippen molar-refractivity contribution in [2.45, 2.75) is 32.9 Å². The van der Waals surface area contributed by atoms with Crippen molar-refractivity contribution in [2.24, 2.45) is 10.9 Å². The van der Waals surface area contributed by atoms with Crippen molar-refractivity contribution in [1.29, 1.82) is 0 Å². The van der Waals surface area contributed by atoms with Gasteiger partial charge in [-0.15, -0.1) is 0 Å². The Hall–Kier alpha value is -2.63. The largest absolute Gasteiger partial charge is 0.352 e. The van der Waals surface area contributed by atoms with Gasteiger partial charge in [0.25, 0.3) is 0 Å². The van der Waals surface area contributed by atoms with Crippen LogP contribution in [0.25, 0.3) is 10.9 Å². The van der Waals surface area contributed by atoms with Gasteiger partial charge in [0.2, 0.25) is 5.91 Å².